The highest BCUT2D eigenvalue weighted by Crippen LogP contribution is 2.32. The second-order valence-electron chi connectivity index (χ2n) is 5.23. The molecule has 1 aromatic carbocycles. The van der Waals surface area contributed by atoms with Gasteiger partial charge in [0.25, 0.3) is 0 Å². The van der Waals surface area contributed by atoms with Gasteiger partial charge in [-0.3, -0.25) is 0 Å². The molecule has 1 aliphatic rings. The van der Waals surface area contributed by atoms with Gasteiger partial charge in [0.1, 0.15) is 4.90 Å². The van der Waals surface area contributed by atoms with E-state index in [9.17, 15) is 8.42 Å². The van der Waals surface area contributed by atoms with Crippen LogP contribution in [0.3, 0.4) is 0 Å². The first-order chi connectivity index (χ1) is 8.86. The van der Waals surface area contributed by atoms with Crippen LogP contribution in [0.5, 0.6) is 0 Å². The van der Waals surface area contributed by atoms with E-state index in [1.54, 1.807) is 22.5 Å². The van der Waals surface area contributed by atoms with Gasteiger partial charge < -0.3 is 5.73 Å². The summed E-state index contributed by atoms with van der Waals surface area (Å²) in [5.74, 6) is 0.376. The molecular formula is C13H19ClN2O2S. The molecule has 2 N–H and O–H groups in total. The van der Waals surface area contributed by atoms with Gasteiger partial charge in [-0.25, -0.2) is 8.42 Å². The summed E-state index contributed by atoms with van der Waals surface area (Å²) in [6.45, 7) is 4.84. The Morgan fingerprint density at radius 2 is 2.11 bits per heavy atom. The quantitative estimate of drug-likeness (QED) is 0.931. The molecule has 0 radical (unpaired) electrons. The highest BCUT2D eigenvalue weighted by molar-refractivity contribution is 7.89. The molecule has 1 aliphatic heterocycles. The lowest BCUT2D eigenvalue weighted by atomic mass is 10.1. The van der Waals surface area contributed by atoms with E-state index in [-0.39, 0.29) is 16.0 Å². The zero-order valence-corrected chi connectivity index (χ0v) is 12.7. The number of halogens is 1. The summed E-state index contributed by atoms with van der Waals surface area (Å²) in [5, 5.41) is 0.254. The van der Waals surface area contributed by atoms with Crippen LogP contribution in [0.1, 0.15) is 25.8 Å². The van der Waals surface area contributed by atoms with Gasteiger partial charge in [-0.1, -0.05) is 24.6 Å². The van der Waals surface area contributed by atoms with E-state index >= 15 is 0 Å². The smallest absolute Gasteiger partial charge is 0.244 e. The maximum Gasteiger partial charge on any atom is 0.244 e. The fraction of sp³-hybridized carbons (Fsp3) is 0.538. The number of rotatable bonds is 3. The normalized spacial score (nSPS) is 24.8. The third-order valence-corrected chi connectivity index (χ3v) is 6.01. The van der Waals surface area contributed by atoms with Crippen LogP contribution < -0.4 is 5.73 Å². The van der Waals surface area contributed by atoms with Crippen molar-refractivity contribution in [3.05, 3.63) is 28.8 Å². The highest BCUT2D eigenvalue weighted by Gasteiger charge is 2.37. The molecule has 0 bridgehead atoms. The van der Waals surface area contributed by atoms with Crippen LogP contribution >= 0.6 is 11.6 Å². The van der Waals surface area contributed by atoms with Crippen LogP contribution in [-0.2, 0) is 16.6 Å². The fourth-order valence-corrected chi connectivity index (χ4v) is 4.88. The third-order valence-electron chi connectivity index (χ3n) is 3.54. The molecule has 19 heavy (non-hydrogen) atoms. The maximum absolute atomic E-state index is 12.7. The van der Waals surface area contributed by atoms with Crippen molar-refractivity contribution in [1.29, 1.82) is 0 Å². The van der Waals surface area contributed by atoms with Crippen LogP contribution in [0.25, 0.3) is 0 Å². The van der Waals surface area contributed by atoms with E-state index in [2.05, 4.69) is 6.92 Å². The molecule has 1 saturated heterocycles. The predicted octanol–water partition coefficient (Wildman–Crippen LogP) is 2.22. The Bertz CT molecular complexity index is 574. The van der Waals surface area contributed by atoms with Gasteiger partial charge in [0.05, 0.1) is 5.02 Å². The Hall–Kier alpha value is -0.620. The van der Waals surface area contributed by atoms with Gasteiger partial charge >= 0.3 is 0 Å². The summed E-state index contributed by atoms with van der Waals surface area (Å²) >= 11 is 6.05. The summed E-state index contributed by atoms with van der Waals surface area (Å²) in [4.78, 5) is 0.165. The largest absolute Gasteiger partial charge is 0.326 e. The summed E-state index contributed by atoms with van der Waals surface area (Å²) in [5.41, 5.74) is 6.33. The molecule has 1 aromatic rings. The molecular weight excluding hydrogens is 284 g/mol. The van der Waals surface area contributed by atoms with Gasteiger partial charge in [0, 0.05) is 19.1 Å². The molecule has 0 amide bonds. The van der Waals surface area contributed by atoms with Crippen molar-refractivity contribution in [1.82, 2.24) is 4.31 Å². The van der Waals surface area contributed by atoms with Crippen LogP contribution in [0.2, 0.25) is 5.02 Å². The van der Waals surface area contributed by atoms with E-state index in [4.69, 9.17) is 17.3 Å². The van der Waals surface area contributed by atoms with Crippen molar-refractivity contribution in [2.75, 3.05) is 6.54 Å². The second-order valence-corrected chi connectivity index (χ2v) is 7.50. The number of hydrogen-bond acceptors (Lipinski definition) is 3. The van der Waals surface area contributed by atoms with Crippen molar-refractivity contribution in [2.24, 2.45) is 11.7 Å². The Balaban J connectivity index is 2.45. The lowest BCUT2D eigenvalue weighted by Crippen LogP contribution is -2.34. The number of nitrogens with zero attached hydrogens (tertiary/aromatic N) is 1. The summed E-state index contributed by atoms with van der Waals surface area (Å²) in [6.07, 6.45) is 0.882. The molecule has 4 nitrogen and oxygen atoms in total. The van der Waals surface area contributed by atoms with Gasteiger partial charge in [-0.05, 0) is 37.0 Å². The predicted molar refractivity (Wildman–Crippen MR) is 76.5 cm³/mol. The van der Waals surface area contributed by atoms with Gasteiger partial charge in [0.2, 0.25) is 10.0 Å². The van der Waals surface area contributed by atoms with Crippen molar-refractivity contribution in [2.45, 2.75) is 37.8 Å². The molecule has 2 atom stereocenters. The van der Waals surface area contributed by atoms with Crippen molar-refractivity contribution < 1.29 is 8.42 Å². The molecule has 0 aromatic heterocycles. The zero-order chi connectivity index (χ0) is 14.2. The van der Waals surface area contributed by atoms with Crippen molar-refractivity contribution in [3.63, 3.8) is 0 Å². The minimum atomic E-state index is -3.54. The molecule has 106 valence electrons. The minimum Gasteiger partial charge on any atom is -0.326 e. The maximum atomic E-state index is 12.7. The first kappa shape index (κ1) is 14.8. The third kappa shape index (κ3) is 2.79. The monoisotopic (exact) mass is 302 g/mol. The van der Waals surface area contributed by atoms with E-state index in [0.29, 0.717) is 19.0 Å². The average molecular weight is 303 g/mol. The SMILES string of the molecule is CC1CC(C)N(S(=O)(=O)c2cc(CN)ccc2Cl)C1. The van der Waals surface area contributed by atoms with Gasteiger partial charge in [0.15, 0.2) is 0 Å². The Morgan fingerprint density at radius 1 is 1.42 bits per heavy atom. The minimum absolute atomic E-state index is 0.0117. The van der Waals surface area contributed by atoms with E-state index in [0.717, 1.165) is 12.0 Å². The van der Waals surface area contributed by atoms with Crippen molar-refractivity contribution in [3.8, 4) is 0 Å². The van der Waals surface area contributed by atoms with E-state index in [1.807, 2.05) is 6.92 Å². The lowest BCUT2D eigenvalue weighted by molar-refractivity contribution is 0.405. The van der Waals surface area contributed by atoms with Gasteiger partial charge in [-0.2, -0.15) is 4.31 Å². The molecule has 6 heteroatoms. The van der Waals surface area contributed by atoms with E-state index < -0.39 is 10.0 Å². The standard InChI is InChI=1S/C13H19ClN2O2S/c1-9-5-10(2)16(8-9)19(17,18)13-6-11(7-15)3-4-12(13)14/h3-4,6,9-10H,5,7-8,15H2,1-2H3. The zero-order valence-electron chi connectivity index (χ0n) is 11.1. The van der Waals surface area contributed by atoms with E-state index in [1.165, 1.54) is 0 Å². The number of benzene rings is 1. The molecule has 0 aliphatic carbocycles. The highest BCUT2D eigenvalue weighted by atomic mass is 35.5. The summed E-state index contributed by atoms with van der Waals surface area (Å²) in [6, 6.07) is 4.93. The van der Waals surface area contributed by atoms with Crippen LogP contribution in [0.15, 0.2) is 23.1 Å². The number of sulfonamides is 1. The number of nitrogens with two attached hydrogens (primary N) is 1. The average Bonchev–Trinajstić information content (AvgIpc) is 2.69. The van der Waals surface area contributed by atoms with Crippen LogP contribution in [0.4, 0.5) is 0 Å². The molecule has 0 spiro atoms. The van der Waals surface area contributed by atoms with Gasteiger partial charge in [-0.15, -0.1) is 0 Å². The van der Waals surface area contributed by atoms with Crippen LogP contribution in [-0.4, -0.2) is 25.3 Å². The Kier molecular flexibility index (Phi) is 4.20. The molecule has 1 fully saturated rings. The summed E-state index contributed by atoms with van der Waals surface area (Å²) < 4.78 is 26.9. The molecule has 0 saturated carbocycles. The topological polar surface area (TPSA) is 63.4 Å². The number of hydrogen-bond donors (Lipinski definition) is 1. The molecule has 1 heterocycles. The second kappa shape index (κ2) is 5.40. The Morgan fingerprint density at radius 3 is 2.63 bits per heavy atom. The van der Waals surface area contributed by atoms with Crippen LogP contribution in [0, 0.1) is 5.92 Å². The summed E-state index contributed by atoms with van der Waals surface area (Å²) in [7, 11) is -3.54. The Labute approximate surface area is 119 Å². The fourth-order valence-electron chi connectivity index (χ4n) is 2.60. The first-order valence-electron chi connectivity index (χ1n) is 6.36. The molecule has 2 unspecified atom stereocenters. The first-order valence-corrected chi connectivity index (χ1v) is 8.18. The molecule has 2 rings (SSSR count). The van der Waals surface area contributed by atoms with Crippen molar-refractivity contribution >= 4 is 21.6 Å². The lowest BCUT2D eigenvalue weighted by Gasteiger charge is -2.22.